The molecule has 0 aliphatic carbocycles. The second-order valence-electron chi connectivity index (χ2n) is 8.39. The summed E-state index contributed by atoms with van der Waals surface area (Å²) in [6, 6.07) is 3.75. The monoisotopic (exact) mass is 576 g/mol. The minimum absolute atomic E-state index is 0.159. The van der Waals surface area contributed by atoms with E-state index in [1.54, 1.807) is 6.92 Å². The largest absolute Gasteiger partial charge is 0.491 e. The molecule has 0 radical (unpaired) electrons. The van der Waals surface area contributed by atoms with Crippen LogP contribution >= 0.6 is 0 Å². The lowest BCUT2D eigenvalue weighted by Gasteiger charge is -2.42. The summed E-state index contributed by atoms with van der Waals surface area (Å²) in [4.78, 5) is 0. The van der Waals surface area contributed by atoms with Crippen LogP contribution in [0.25, 0.3) is 0 Å². The zero-order valence-corrected chi connectivity index (χ0v) is 18.8. The summed E-state index contributed by atoms with van der Waals surface area (Å²) in [7, 11) is 0. The summed E-state index contributed by atoms with van der Waals surface area (Å²) < 4.78 is 206. The van der Waals surface area contributed by atoms with Gasteiger partial charge < -0.3 is 9.84 Å². The summed E-state index contributed by atoms with van der Waals surface area (Å²) >= 11 is 0. The molecule has 0 aliphatic rings. The zero-order chi connectivity index (χ0) is 29.7. The zero-order valence-electron chi connectivity index (χ0n) is 18.8. The van der Waals surface area contributed by atoms with E-state index in [0.29, 0.717) is 13.3 Å². The number of hydrogen-bond donors (Lipinski definition) is 1. The van der Waals surface area contributed by atoms with Crippen molar-refractivity contribution in [3.8, 4) is 5.75 Å². The fourth-order valence-electron chi connectivity index (χ4n) is 2.86. The van der Waals surface area contributed by atoms with Crippen LogP contribution in [-0.4, -0.2) is 52.9 Å². The van der Waals surface area contributed by atoms with E-state index in [9.17, 15) is 71.0 Å². The Hall–Kier alpha value is -2.07. The Bertz CT molecular complexity index is 938. The highest BCUT2D eigenvalue weighted by Crippen LogP contribution is 2.63. The maximum Gasteiger partial charge on any atom is 0.460 e. The third kappa shape index (κ3) is 5.41. The third-order valence-corrected chi connectivity index (χ3v) is 5.33. The van der Waals surface area contributed by atoms with Gasteiger partial charge in [0.05, 0.1) is 18.1 Å². The van der Waals surface area contributed by atoms with Crippen molar-refractivity contribution in [3.63, 3.8) is 0 Å². The van der Waals surface area contributed by atoms with E-state index in [-0.39, 0.29) is 5.75 Å². The van der Waals surface area contributed by atoms with Crippen LogP contribution in [0.2, 0.25) is 0 Å². The van der Waals surface area contributed by atoms with Gasteiger partial charge in [-0.25, -0.2) is 0 Å². The molecule has 0 saturated heterocycles. The molecule has 0 spiro atoms. The lowest BCUT2D eigenvalue weighted by molar-refractivity contribution is -0.453. The van der Waals surface area contributed by atoms with E-state index in [1.807, 2.05) is 0 Å². The van der Waals surface area contributed by atoms with Crippen LogP contribution in [-0.2, 0) is 5.60 Å². The van der Waals surface area contributed by atoms with Gasteiger partial charge in [-0.3, -0.25) is 0 Å². The number of rotatable bonds is 11. The fourth-order valence-corrected chi connectivity index (χ4v) is 2.86. The molecule has 0 aromatic heterocycles. The Labute approximate surface area is 199 Å². The van der Waals surface area contributed by atoms with E-state index in [2.05, 4.69) is 0 Å². The first-order valence-corrected chi connectivity index (χ1v) is 9.97. The predicted octanol–water partition coefficient (Wildman–Crippen LogP) is 7.84. The van der Waals surface area contributed by atoms with E-state index < -0.39 is 65.4 Å². The second kappa shape index (κ2) is 9.59. The van der Waals surface area contributed by atoms with Crippen molar-refractivity contribution in [2.24, 2.45) is 0 Å². The summed E-state index contributed by atoms with van der Waals surface area (Å²) in [5, 5.41) is 10.2. The van der Waals surface area contributed by atoms with Crippen molar-refractivity contribution in [3.05, 3.63) is 29.8 Å². The van der Waals surface area contributed by atoms with Gasteiger partial charge in [-0.1, -0.05) is 19.1 Å². The summed E-state index contributed by atoms with van der Waals surface area (Å²) in [6.07, 6.45) is -10.7. The molecule has 0 bridgehead atoms. The Kier molecular flexibility index (Phi) is 8.55. The molecule has 0 aliphatic heterocycles. The normalized spacial score (nSPS) is 17.4. The quantitative estimate of drug-likeness (QED) is 0.272. The van der Waals surface area contributed by atoms with Gasteiger partial charge in [0.2, 0.25) is 0 Å². The molecule has 2 atom stereocenters. The Morgan fingerprint density at radius 1 is 0.730 bits per heavy atom. The smallest absolute Gasteiger partial charge is 0.460 e. The third-order valence-electron chi connectivity index (χ3n) is 5.33. The topological polar surface area (TPSA) is 29.5 Å². The van der Waals surface area contributed by atoms with E-state index in [0.717, 1.165) is 18.2 Å². The molecule has 1 N–H and O–H groups in total. The number of aliphatic hydroxyl groups is 1. The van der Waals surface area contributed by atoms with Crippen LogP contribution in [0, 0.1) is 0 Å². The van der Waals surface area contributed by atoms with Gasteiger partial charge in [0.25, 0.3) is 0 Å². The van der Waals surface area contributed by atoms with Crippen LogP contribution < -0.4 is 4.74 Å². The first kappa shape index (κ1) is 33.0. The van der Waals surface area contributed by atoms with Gasteiger partial charge in [-0.2, -0.15) is 65.9 Å². The molecule has 17 heteroatoms. The van der Waals surface area contributed by atoms with Crippen molar-refractivity contribution < 1.29 is 75.7 Å². The number of benzene rings is 1. The fraction of sp³-hybridized carbons (Fsp3) is 0.700. The van der Waals surface area contributed by atoms with Crippen molar-refractivity contribution in [2.75, 3.05) is 0 Å². The number of ether oxygens (including phenoxy) is 1. The summed E-state index contributed by atoms with van der Waals surface area (Å²) in [5.74, 6) is -47.4. The van der Waals surface area contributed by atoms with E-state index in [4.69, 9.17) is 4.74 Å². The lowest BCUT2D eigenvalue weighted by atomic mass is 9.83. The summed E-state index contributed by atoms with van der Waals surface area (Å²) in [5.41, 5.74) is -4.04. The van der Waals surface area contributed by atoms with Gasteiger partial charge in [-0.15, -0.1) is 0 Å². The van der Waals surface area contributed by atoms with Crippen LogP contribution in [0.1, 0.15) is 39.2 Å². The van der Waals surface area contributed by atoms with Crippen LogP contribution in [0.4, 0.5) is 65.9 Å². The van der Waals surface area contributed by atoms with Gasteiger partial charge in [0, 0.05) is 0 Å². The highest BCUT2D eigenvalue weighted by molar-refractivity contribution is 5.32. The molecular weight excluding hydrogens is 557 g/mol. The van der Waals surface area contributed by atoms with Crippen LogP contribution in [0.15, 0.2) is 24.3 Å². The summed E-state index contributed by atoms with van der Waals surface area (Å²) in [6.45, 7) is 3.49. The molecule has 1 rings (SSSR count). The van der Waals surface area contributed by atoms with Crippen molar-refractivity contribution in [2.45, 2.75) is 87.0 Å². The van der Waals surface area contributed by atoms with Gasteiger partial charge >= 0.3 is 41.7 Å². The Balaban J connectivity index is 3.49. The highest BCUT2D eigenvalue weighted by atomic mass is 19.4. The number of alkyl halides is 15. The predicted molar refractivity (Wildman–Crippen MR) is 96.7 cm³/mol. The minimum atomic E-state index is -8.37. The lowest BCUT2D eigenvalue weighted by Crippen LogP contribution is -2.72. The molecule has 0 fully saturated rings. The van der Waals surface area contributed by atoms with Crippen molar-refractivity contribution in [1.82, 2.24) is 0 Å². The molecule has 2 unspecified atom stereocenters. The van der Waals surface area contributed by atoms with Gasteiger partial charge in [-0.05, 0) is 38.0 Å². The van der Waals surface area contributed by atoms with E-state index in [1.165, 1.54) is 13.0 Å². The number of hydrogen-bond acceptors (Lipinski definition) is 2. The van der Waals surface area contributed by atoms with Crippen molar-refractivity contribution in [1.29, 1.82) is 0 Å². The first-order valence-electron chi connectivity index (χ1n) is 9.97. The number of halogens is 15. The second-order valence-corrected chi connectivity index (χ2v) is 8.39. The molecular formula is C20H19F15O2. The van der Waals surface area contributed by atoms with Gasteiger partial charge in [0.1, 0.15) is 5.75 Å². The van der Waals surface area contributed by atoms with Crippen LogP contribution in [0.5, 0.6) is 5.75 Å². The molecule has 0 saturated carbocycles. The maximum absolute atomic E-state index is 14.3. The van der Waals surface area contributed by atoms with Crippen molar-refractivity contribution >= 4 is 0 Å². The molecule has 37 heavy (non-hydrogen) atoms. The van der Waals surface area contributed by atoms with Crippen LogP contribution in [0.3, 0.4) is 0 Å². The molecule has 0 amide bonds. The molecule has 0 heterocycles. The molecule has 1 aromatic carbocycles. The molecule has 2 nitrogen and oxygen atoms in total. The van der Waals surface area contributed by atoms with Gasteiger partial charge in [0.15, 0.2) is 0 Å². The standard InChI is InChI=1S/C20H19F15O2/c1-4-10(2)37-12-7-5-6-11(8-12)13(3,36)9-14(21,22)15(23,24)16(25,26)17(27,28)18(29,30)19(31,32)20(33,34)35/h5-8,10,36H,4,9H2,1-3H3. The average molecular weight is 576 g/mol. The minimum Gasteiger partial charge on any atom is -0.491 e. The molecule has 1 aromatic rings. The first-order chi connectivity index (χ1) is 16.1. The Morgan fingerprint density at radius 3 is 1.59 bits per heavy atom. The highest BCUT2D eigenvalue weighted by Gasteiger charge is 2.93. The molecule has 216 valence electrons. The van der Waals surface area contributed by atoms with E-state index >= 15 is 0 Å². The Morgan fingerprint density at radius 2 is 1.16 bits per heavy atom. The SMILES string of the molecule is CCC(C)Oc1cccc(C(C)(O)CC(F)(F)C(F)(F)C(F)(F)C(F)(F)C(F)(F)C(F)(F)C(F)(F)F)c1. The maximum atomic E-state index is 14.3. The average Bonchev–Trinajstić information content (AvgIpc) is 2.71.